The van der Waals surface area contributed by atoms with Gasteiger partial charge in [-0.05, 0) is 31.2 Å². The lowest BCUT2D eigenvalue weighted by Gasteiger charge is -2.22. The molecule has 1 saturated carbocycles. The fourth-order valence-electron chi connectivity index (χ4n) is 3.03. The zero-order valence-electron chi connectivity index (χ0n) is 12.5. The Labute approximate surface area is 128 Å². The summed E-state index contributed by atoms with van der Waals surface area (Å²) in [5, 5.41) is 25.8. The summed E-state index contributed by atoms with van der Waals surface area (Å²) in [6.45, 7) is 0.144. The van der Waals surface area contributed by atoms with E-state index in [1.807, 2.05) is 0 Å². The molecule has 22 heavy (non-hydrogen) atoms. The third-order valence-electron chi connectivity index (χ3n) is 4.19. The van der Waals surface area contributed by atoms with Crippen molar-refractivity contribution in [1.82, 2.24) is 5.32 Å². The molecule has 3 N–H and O–H groups in total. The van der Waals surface area contributed by atoms with Crippen molar-refractivity contribution in [1.29, 1.82) is 0 Å². The number of amides is 1. The lowest BCUT2D eigenvalue weighted by atomic mass is 9.99. The lowest BCUT2D eigenvalue weighted by Crippen LogP contribution is -2.27. The summed E-state index contributed by atoms with van der Waals surface area (Å²) in [7, 11) is 1.50. The predicted octanol–water partition coefficient (Wildman–Crippen LogP) is 1.92. The summed E-state index contributed by atoms with van der Waals surface area (Å²) < 4.78 is 0. The number of carbonyl (C=O) groups excluding carboxylic acids is 1. The zero-order chi connectivity index (χ0) is 16.1. The van der Waals surface area contributed by atoms with Crippen LogP contribution in [-0.4, -0.2) is 35.6 Å². The van der Waals surface area contributed by atoms with Crippen LogP contribution in [0.2, 0.25) is 0 Å². The van der Waals surface area contributed by atoms with E-state index in [4.69, 9.17) is 5.11 Å². The summed E-state index contributed by atoms with van der Waals surface area (Å²) in [5.74, 6) is 0.000588. The predicted molar refractivity (Wildman–Crippen MR) is 82.9 cm³/mol. The molecule has 0 saturated heterocycles. The first-order chi connectivity index (χ1) is 10.6. The summed E-state index contributed by atoms with van der Waals surface area (Å²) >= 11 is 0. The smallest absolute Gasteiger partial charge is 0.270 e. The molecule has 1 amide bonds. The first-order valence-corrected chi connectivity index (χ1v) is 7.44. The van der Waals surface area contributed by atoms with Crippen molar-refractivity contribution >= 4 is 17.3 Å². The number of nitrogens with zero attached hydrogens (tertiary/aromatic N) is 1. The highest BCUT2D eigenvalue weighted by atomic mass is 16.6. The van der Waals surface area contributed by atoms with Crippen molar-refractivity contribution < 1.29 is 14.8 Å². The molecule has 2 atom stereocenters. The Morgan fingerprint density at radius 2 is 2.23 bits per heavy atom. The third kappa shape index (κ3) is 3.54. The highest BCUT2D eigenvalue weighted by Crippen LogP contribution is 2.32. The second-order valence-corrected chi connectivity index (χ2v) is 5.52. The van der Waals surface area contributed by atoms with Crippen LogP contribution in [0.5, 0.6) is 0 Å². The largest absolute Gasteiger partial charge is 0.396 e. The first kappa shape index (κ1) is 16.2. The fourth-order valence-corrected chi connectivity index (χ4v) is 3.03. The third-order valence-corrected chi connectivity index (χ3v) is 4.19. The van der Waals surface area contributed by atoms with Crippen LogP contribution in [0.15, 0.2) is 18.2 Å². The quantitative estimate of drug-likeness (QED) is 0.550. The number of anilines is 1. The van der Waals surface area contributed by atoms with E-state index in [0.717, 1.165) is 25.7 Å². The minimum Gasteiger partial charge on any atom is -0.396 e. The van der Waals surface area contributed by atoms with Gasteiger partial charge in [0.15, 0.2) is 0 Å². The Hall–Kier alpha value is -2.15. The van der Waals surface area contributed by atoms with E-state index in [0.29, 0.717) is 11.6 Å². The van der Waals surface area contributed by atoms with Crippen LogP contribution in [-0.2, 0) is 0 Å². The van der Waals surface area contributed by atoms with Gasteiger partial charge < -0.3 is 15.7 Å². The van der Waals surface area contributed by atoms with Gasteiger partial charge in [0.2, 0.25) is 0 Å². The summed E-state index contributed by atoms with van der Waals surface area (Å²) in [4.78, 5) is 22.3. The maximum atomic E-state index is 12.0. The molecule has 0 heterocycles. The Morgan fingerprint density at radius 3 is 2.86 bits per heavy atom. The van der Waals surface area contributed by atoms with Crippen molar-refractivity contribution in [3.8, 4) is 0 Å². The van der Waals surface area contributed by atoms with Crippen LogP contribution in [0.3, 0.4) is 0 Å². The number of aliphatic hydroxyl groups excluding tert-OH is 1. The lowest BCUT2D eigenvalue weighted by molar-refractivity contribution is -0.384. The van der Waals surface area contributed by atoms with Crippen LogP contribution in [0, 0.1) is 16.0 Å². The van der Waals surface area contributed by atoms with E-state index in [1.165, 1.54) is 19.2 Å². The Morgan fingerprint density at radius 1 is 1.45 bits per heavy atom. The number of hydrogen-bond donors (Lipinski definition) is 3. The molecular weight excluding hydrogens is 286 g/mol. The van der Waals surface area contributed by atoms with Crippen molar-refractivity contribution in [3.63, 3.8) is 0 Å². The molecule has 7 nitrogen and oxygen atoms in total. The van der Waals surface area contributed by atoms with Crippen LogP contribution in [0.4, 0.5) is 11.4 Å². The zero-order valence-corrected chi connectivity index (χ0v) is 12.5. The molecule has 0 aliphatic heterocycles. The normalized spacial score (nSPS) is 20.6. The molecule has 0 aromatic heterocycles. The number of hydrogen-bond acceptors (Lipinski definition) is 5. The van der Waals surface area contributed by atoms with Crippen LogP contribution in [0.1, 0.15) is 36.0 Å². The van der Waals surface area contributed by atoms with Gasteiger partial charge in [0.25, 0.3) is 11.6 Å². The highest BCUT2D eigenvalue weighted by molar-refractivity contribution is 6.00. The monoisotopic (exact) mass is 307 g/mol. The van der Waals surface area contributed by atoms with Gasteiger partial charge in [0.1, 0.15) is 0 Å². The maximum Gasteiger partial charge on any atom is 0.270 e. The molecular formula is C15H21N3O4. The number of aliphatic hydroxyl groups is 1. The summed E-state index contributed by atoms with van der Waals surface area (Å²) in [6, 6.07) is 4.44. The van der Waals surface area contributed by atoms with Gasteiger partial charge in [0, 0.05) is 37.5 Å². The fraction of sp³-hybridized carbons (Fsp3) is 0.533. The van der Waals surface area contributed by atoms with Crippen LogP contribution >= 0.6 is 0 Å². The van der Waals surface area contributed by atoms with Crippen molar-refractivity contribution in [2.24, 2.45) is 5.92 Å². The standard InChI is InChI=1S/C15H21N3O4/c1-16-15(20)12-9-11(18(21)22)5-6-14(12)17-13-4-2-3-10(13)7-8-19/h5-6,9-10,13,17,19H,2-4,7-8H2,1H3,(H,16,20). The van der Waals surface area contributed by atoms with Crippen LogP contribution in [0.25, 0.3) is 0 Å². The SMILES string of the molecule is CNC(=O)c1cc([N+](=O)[O-])ccc1NC1CCCC1CCO. The average molecular weight is 307 g/mol. The van der Waals surface area contributed by atoms with Crippen molar-refractivity contribution in [3.05, 3.63) is 33.9 Å². The molecule has 7 heteroatoms. The van der Waals surface area contributed by atoms with E-state index in [1.54, 1.807) is 6.07 Å². The topological polar surface area (TPSA) is 104 Å². The Balaban J connectivity index is 2.25. The number of carbonyl (C=O) groups is 1. The van der Waals surface area contributed by atoms with Gasteiger partial charge in [-0.15, -0.1) is 0 Å². The second-order valence-electron chi connectivity index (χ2n) is 5.52. The summed E-state index contributed by atoms with van der Waals surface area (Å²) in [6.07, 6.45) is 3.81. The number of nitro groups is 1. The molecule has 1 aliphatic rings. The first-order valence-electron chi connectivity index (χ1n) is 7.44. The summed E-state index contributed by atoms with van der Waals surface area (Å²) in [5.41, 5.74) is 0.758. The highest BCUT2D eigenvalue weighted by Gasteiger charge is 2.28. The van der Waals surface area contributed by atoms with E-state index in [9.17, 15) is 14.9 Å². The van der Waals surface area contributed by atoms with Crippen LogP contribution < -0.4 is 10.6 Å². The van der Waals surface area contributed by atoms with E-state index in [-0.39, 0.29) is 29.8 Å². The number of benzene rings is 1. The van der Waals surface area contributed by atoms with E-state index >= 15 is 0 Å². The molecule has 0 radical (unpaired) electrons. The van der Waals surface area contributed by atoms with Gasteiger partial charge >= 0.3 is 0 Å². The van der Waals surface area contributed by atoms with E-state index in [2.05, 4.69) is 10.6 Å². The Bertz CT molecular complexity index is 562. The van der Waals surface area contributed by atoms with E-state index < -0.39 is 4.92 Å². The maximum absolute atomic E-state index is 12.0. The molecule has 1 aliphatic carbocycles. The number of non-ortho nitro benzene ring substituents is 1. The van der Waals surface area contributed by atoms with Gasteiger partial charge in [-0.2, -0.15) is 0 Å². The number of nitrogens with one attached hydrogen (secondary N) is 2. The molecule has 1 aromatic rings. The minimum absolute atomic E-state index is 0.109. The molecule has 120 valence electrons. The van der Waals surface area contributed by atoms with Gasteiger partial charge in [-0.1, -0.05) is 6.42 Å². The van der Waals surface area contributed by atoms with Crippen molar-refractivity contribution in [2.45, 2.75) is 31.7 Å². The second kappa shape index (κ2) is 7.22. The number of rotatable bonds is 6. The van der Waals surface area contributed by atoms with Gasteiger partial charge in [0.05, 0.1) is 10.5 Å². The van der Waals surface area contributed by atoms with Gasteiger partial charge in [-0.25, -0.2) is 0 Å². The average Bonchev–Trinajstić information content (AvgIpc) is 2.94. The molecule has 0 spiro atoms. The Kier molecular flexibility index (Phi) is 5.32. The molecule has 1 fully saturated rings. The molecule has 2 unspecified atom stereocenters. The van der Waals surface area contributed by atoms with Crippen molar-refractivity contribution in [2.75, 3.05) is 19.0 Å². The minimum atomic E-state index is -0.514. The molecule has 2 rings (SSSR count). The molecule has 1 aromatic carbocycles. The molecule has 0 bridgehead atoms. The van der Waals surface area contributed by atoms with Gasteiger partial charge in [-0.3, -0.25) is 14.9 Å². The number of nitro benzene ring substituents is 1.